The maximum atomic E-state index is 13.0. The Morgan fingerprint density at radius 1 is 1.00 bits per heavy atom. The number of rotatable bonds is 5. The molecule has 0 aliphatic heterocycles. The van der Waals surface area contributed by atoms with Gasteiger partial charge < -0.3 is 9.88 Å². The van der Waals surface area contributed by atoms with Crippen molar-refractivity contribution >= 4 is 16.9 Å². The summed E-state index contributed by atoms with van der Waals surface area (Å²) in [7, 11) is 2.00. The van der Waals surface area contributed by atoms with Crippen molar-refractivity contribution in [3.8, 4) is 0 Å². The molecule has 1 heterocycles. The van der Waals surface area contributed by atoms with E-state index in [0.29, 0.717) is 6.42 Å². The van der Waals surface area contributed by atoms with Gasteiger partial charge in [-0.2, -0.15) is 0 Å². The minimum absolute atomic E-state index is 0.0143. The van der Waals surface area contributed by atoms with Crippen LogP contribution in [0.3, 0.4) is 0 Å². The SMILES string of the molecule is Cc1ccc(C)c(CC(=O)NC(c2ccccc2)c2nc3ccccc3n2C)c1. The second kappa shape index (κ2) is 7.92. The Kier molecular flexibility index (Phi) is 5.17. The van der Waals surface area contributed by atoms with Crippen molar-refractivity contribution in [2.45, 2.75) is 26.3 Å². The van der Waals surface area contributed by atoms with Crippen LogP contribution in [0.5, 0.6) is 0 Å². The zero-order valence-corrected chi connectivity index (χ0v) is 17.0. The summed E-state index contributed by atoms with van der Waals surface area (Å²) in [6.07, 6.45) is 0.348. The third-order valence-corrected chi connectivity index (χ3v) is 5.37. The van der Waals surface area contributed by atoms with E-state index in [0.717, 1.165) is 39.1 Å². The number of benzene rings is 3. The average molecular weight is 383 g/mol. The van der Waals surface area contributed by atoms with Crippen LogP contribution in [0.15, 0.2) is 72.8 Å². The van der Waals surface area contributed by atoms with Crippen LogP contribution in [0.1, 0.15) is 34.1 Å². The van der Waals surface area contributed by atoms with Gasteiger partial charge in [0.05, 0.1) is 17.5 Å². The van der Waals surface area contributed by atoms with Crippen molar-refractivity contribution in [1.29, 1.82) is 0 Å². The lowest BCUT2D eigenvalue weighted by atomic mass is 10.0. The first-order valence-corrected chi connectivity index (χ1v) is 9.84. The fourth-order valence-electron chi connectivity index (χ4n) is 3.74. The van der Waals surface area contributed by atoms with Gasteiger partial charge in [-0.05, 0) is 42.7 Å². The molecule has 4 nitrogen and oxygen atoms in total. The molecule has 0 aliphatic rings. The Hall–Kier alpha value is -3.40. The van der Waals surface area contributed by atoms with Crippen molar-refractivity contribution < 1.29 is 4.79 Å². The van der Waals surface area contributed by atoms with Crippen molar-refractivity contribution in [1.82, 2.24) is 14.9 Å². The second-order valence-electron chi connectivity index (χ2n) is 7.54. The molecule has 0 fully saturated rings. The molecule has 0 radical (unpaired) electrons. The Labute approximate surface area is 171 Å². The highest BCUT2D eigenvalue weighted by molar-refractivity contribution is 5.80. The van der Waals surface area contributed by atoms with Crippen LogP contribution in [-0.4, -0.2) is 15.5 Å². The number of hydrogen-bond acceptors (Lipinski definition) is 2. The van der Waals surface area contributed by atoms with E-state index < -0.39 is 0 Å². The maximum Gasteiger partial charge on any atom is 0.225 e. The van der Waals surface area contributed by atoms with Gasteiger partial charge in [-0.15, -0.1) is 0 Å². The number of hydrogen-bond donors (Lipinski definition) is 1. The Bertz CT molecular complexity index is 1160. The molecule has 4 heteroatoms. The molecule has 0 saturated carbocycles. The van der Waals surface area contributed by atoms with E-state index in [2.05, 4.69) is 28.1 Å². The average Bonchev–Trinajstić information content (AvgIpc) is 3.06. The molecule has 0 spiro atoms. The Balaban J connectivity index is 1.69. The monoisotopic (exact) mass is 383 g/mol. The van der Waals surface area contributed by atoms with E-state index in [9.17, 15) is 4.79 Å². The topological polar surface area (TPSA) is 46.9 Å². The lowest BCUT2D eigenvalue weighted by Crippen LogP contribution is -2.32. The van der Waals surface area contributed by atoms with E-state index >= 15 is 0 Å². The third kappa shape index (κ3) is 3.92. The van der Waals surface area contributed by atoms with Gasteiger partial charge in [0.2, 0.25) is 5.91 Å². The zero-order chi connectivity index (χ0) is 20.4. The van der Waals surface area contributed by atoms with Crippen molar-refractivity contribution in [3.05, 3.63) is 101 Å². The molecule has 29 heavy (non-hydrogen) atoms. The van der Waals surface area contributed by atoms with E-state index in [1.807, 2.05) is 75.5 Å². The third-order valence-electron chi connectivity index (χ3n) is 5.37. The number of nitrogens with one attached hydrogen (secondary N) is 1. The normalized spacial score (nSPS) is 12.1. The highest BCUT2D eigenvalue weighted by Crippen LogP contribution is 2.25. The van der Waals surface area contributed by atoms with Gasteiger partial charge >= 0.3 is 0 Å². The molecule has 0 bridgehead atoms. The molecule has 3 aromatic carbocycles. The highest BCUT2D eigenvalue weighted by Gasteiger charge is 2.22. The predicted octanol–water partition coefficient (Wildman–Crippen LogP) is 4.64. The molecular formula is C25H25N3O. The summed E-state index contributed by atoms with van der Waals surface area (Å²) in [5.41, 5.74) is 6.33. The first-order chi connectivity index (χ1) is 14.0. The summed E-state index contributed by atoms with van der Waals surface area (Å²) >= 11 is 0. The molecule has 1 atom stereocenters. The number of aryl methyl sites for hydroxylation is 3. The largest absolute Gasteiger partial charge is 0.342 e. The molecule has 4 aromatic rings. The molecule has 4 rings (SSSR count). The summed E-state index contributed by atoms with van der Waals surface area (Å²) in [6.45, 7) is 4.09. The molecule has 1 N–H and O–H groups in total. The van der Waals surface area contributed by atoms with Crippen LogP contribution >= 0.6 is 0 Å². The van der Waals surface area contributed by atoms with Gasteiger partial charge in [0.15, 0.2) is 0 Å². The zero-order valence-electron chi connectivity index (χ0n) is 17.0. The van der Waals surface area contributed by atoms with Crippen molar-refractivity contribution in [2.24, 2.45) is 7.05 Å². The molecular weight excluding hydrogens is 358 g/mol. The quantitative estimate of drug-likeness (QED) is 0.546. The number of imidazole rings is 1. The minimum Gasteiger partial charge on any atom is -0.342 e. The maximum absolute atomic E-state index is 13.0. The Morgan fingerprint density at radius 3 is 2.48 bits per heavy atom. The molecule has 0 saturated heterocycles. The molecule has 1 aromatic heterocycles. The predicted molar refractivity (Wildman–Crippen MR) is 117 cm³/mol. The van der Waals surface area contributed by atoms with Gasteiger partial charge in [0, 0.05) is 7.05 Å². The van der Waals surface area contributed by atoms with Gasteiger partial charge in [-0.1, -0.05) is 66.2 Å². The lowest BCUT2D eigenvalue weighted by Gasteiger charge is -2.20. The number of amides is 1. The number of nitrogens with zero attached hydrogens (tertiary/aromatic N) is 2. The first kappa shape index (κ1) is 18.9. The number of para-hydroxylation sites is 2. The summed E-state index contributed by atoms with van der Waals surface area (Å²) < 4.78 is 2.06. The fourth-order valence-corrected chi connectivity index (χ4v) is 3.74. The number of carbonyl (C=O) groups is 1. The van der Waals surface area contributed by atoms with Crippen LogP contribution in [0.4, 0.5) is 0 Å². The van der Waals surface area contributed by atoms with Crippen LogP contribution in [0.2, 0.25) is 0 Å². The van der Waals surface area contributed by atoms with Gasteiger partial charge in [0.1, 0.15) is 11.9 Å². The van der Waals surface area contributed by atoms with E-state index in [4.69, 9.17) is 4.98 Å². The van der Waals surface area contributed by atoms with Crippen LogP contribution < -0.4 is 5.32 Å². The highest BCUT2D eigenvalue weighted by atomic mass is 16.1. The van der Waals surface area contributed by atoms with Gasteiger partial charge in [-0.25, -0.2) is 4.98 Å². The number of carbonyl (C=O) groups excluding carboxylic acids is 1. The summed E-state index contributed by atoms with van der Waals surface area (Å²) in [5.74, 6) is 0.811. The van der Waals surface area contributed by atoms with Crippen LogP contribution in [-0.2, 0) is 18.3 Å². The van der Waals surface area contributed by atoms with E-state index in [1.165, 1.54) is 0 Å². The molecule has 1 unspecified atom stereocenters. The van der Waals surface area contributed by atoms with Crippen molar-refractivity contribution in [3.63, 3.8) is 0 Å². The number of aromatic nitrogens is 2. The summed E-state index contributed by atoms with van der Waals surface area (Å²) in [6, 6.07) is 24.0. The standard InChI is InChI=1S/C25H25N3O/c1-17-13-14-18(2)20(15-17)16-23(29)27-24(19-9-5-4-6-10-19)25-26-21-11-7-8-12-22(21)28(25)3/h4-15,24H,16H2,1-3H3,(H,27,29). The smallest absolute Gasteiger partial charge is 0.225 e. The minimum atomic E-state index is -0.314. The summed E-state index contributed by atoms with van der Waals surface area (Å²) in [4.78, 5) is 17.8. The molecule has 0 aliphatic carbocycles. The van der Waals surface area contributed by atoms with Crippen LogP contribution in [0, 0.1) is 13.8 Å². The second-order valence-corrected chi connectivity index (χ2v) is 7.54. The summed E-state index contributed by atoms with van der Waals surface area (Å²) in [5, 5.41) is 3.22. The van der Waals surface area contributed by atoms with Gasteiger partial charge in [0.25, 0.3) is 0 Å². The Morgan fingerprint density at radius 2 is 1.72 bits per heavy atom. The lowest BCUT2D eigenvalue weighted by molar-refractivity contribution is -0.121. The van der Waals surface area contributed by atoms with Crippen LogP contribution in [0.25, 0.3) is 11.0 Å². The van der Waals surface area contributed by atoms with Gasteiger partial charge in [-0.3, -0.25) is 4.79 Å². The van der Waals surface area contributed by atoms with E-state index in [-0.39, 0.29) is 11.9 Å². The molecule has 1 amide bonds. The van der Waals surface area contributed by atoms with Crippen molar-refractivity contribution in [2.75, 3.05) is 0 Å². The van der Waals surface area contributed by atoms with E-state index in [1.54, 1.807) is 0 Å². The fraction of sp³-hybridized carbons (Fsp3) is 0.200. The first-order valence-electron chi connectivity index (χ1n) is 9.84. The molecule has 146 valence electrons. The number of fused-ring (bicyclic) bond motifs is 1.